The molecule has 6 heteroatoms. The SMILES string of the molecule is C[C@@]1(CCl)S[C@@H]2CC(=O)N2C1C(=O)OC(c1ccccc1)c1ccccc1. The molecule has 2 saturated heterocycles. The van der Waals surface area contributed by atoms with E-state index in [0.717, 1.165) is 11.1 Å². The summed E-state index contributed by atoms with van der Waals surface area (Å²) >= 11 is 7.79. The van der Waals surface area contributed by atoms with Crippen molar-refractivity contribution in [3.63, 3.8) is 0 Å². The molecular formula is C21H20ClNO3S. The summed E-state index contributed by atoms with van der Waals surface area (Å²) in [6.45, 7) is 1.93. The molecule has 4 nitrogen and oxygen atoms in total. The van der Waals surface area contributed by atoms with Gasteiger partial charge >= 0.3 is 5.97 Å². The first-order chi connectivity index (χ1) is 13.0. The zero-order valence-corrected chi connectivity index (χ0v) is 16.5. The number of esters is 1. The molecule has 0 N–H and O–H groups in total. The van der Waals surface area contributed by atoms with Gasteiger partial charge in [-0.25, -0.2) is 4.79 Å². The Kier molecular flexibility index (Phi) is 4.91. The Morgan fingerprint density at radius 2 is 1.74 bits per heavy atom. The van der Waals surface area contributed by atoms with Gasteiger partial charge in [0.2, 0.25) is 5.91 Å². The number of benzene rings is 2. The summed E-state index contributed by atoms with van der Waals surface area (Å²) in [6.07, 6.45) is -0.0678. The van der Waals surface area contributed by atoms with Crippen molar-refractivity contribution < 1.29 is 14.3 Å². The van der Waals surface area contributed by atoms with Crippen LogP contribution in [0.3, 0.4) is 0 Å². The van der Waals surface area contributed by atoms with Crippen LogP contribution < -0.4 is 0 Å². The highest BCUT2D eigenvalue weighted by Gasteiger charge is 2.61. The van der Waals surface area contributed by atoms with E-state index in [1.54, 1.807) is 16.7 Å². The van der Waals surface area contributed by atoms with Crippen LogP contribution in [-0.2, 0) is 14.3 Å². The smallest absolute Gasteiger partial charge is 0.331 e. The lowest BCUT2D eigenvalue weighted by Crippen LogP contribution is -2.58. The van der Waals surface area contributed by atoms with Crippen LogP contribution >= 0.6 is 23.4 Å². The third-order valence-corrected chi connectivity index (χ3v) is 7.42. The van der Waals surface area contributed by atoms with E-state index in [9.17, 15) is 9.59 Å². The molecular weight excluding hydrogens is 382 g/mol. The highest BCUT2D eigenvalue weighted by Crippen LogP contribution is 2.52. The Morgan fingerprint density at radius 3 is 2.22 bits per heavy atom. The second-order valence-electron chi connectivity index (χ2n) is 7.06. The zero-order chi connectivity index (χ0) is 19.0. The third-order valence-electron chi connectivity index (χ3n) is 5.14. The molecule has 0 saturated carbocycles. The number of alkyl halides is 1. The summed E-state index contributed by atoms with van der Waals surface area (Å²) in [5.41, 5.74) is 1.78. The highest BCUT2D eigenvalue weighted by molar-refractivity contribution is 8.01. The number of hydrogen-bond acceptors (Lipinski definition) is 4. The Hall–Kier alpha value is -1.98. The molecule has 2 heterocycles. The van der Waals surface area contributed by atoms with E-state index < -0.39 is 22.9 Å². The quantitative estimate of drug-likeness (QED) is 0.431. The minimum Gasteiger partial charge on any atom is -0.451 e. The first-order valence-electron chi connectivity index (χ1n) is 8.89. The van der Waals surface area contributed by atoms with Crippen LogP contribution in [0.5, 0.6) is 0 Å². The van der Waals surface area contributed by atoms with Crippen molar-refractivity contribution in [1.29, 1.82) is 0 Å². The van der Waals surface area contributed by atoms with E-state index in [4.69, 9.17) is 16.3 Å². The fourth-order valence-corrected chi connectivity index (χ4v) is 5.65. The van der Waals surface area contributed by atoms with Crippen LogP contribution in [0, 0.1) is 0 Å². The lowest BCUT2D eigenvalue weighted by Gasteiger charge is -2.38. The molecule has 2 aliphatic heterocycles. The van der Waals surface area contributed by atoms with Crippen LogP contribution in [0.2, 0.25) is 0 Å². The average Bonchev–Trinajstić information content (AvgIpc) is 2.95. The van der Waals surface area contributed by atoms with E-state index in [-0.39, 0.29) is 17.2 Å². The second kappa shape index (κ2) is 7.21. The molecule has 27 heavy (non-hydrogen) atoms. The van der Waals surface area contributed by atoms with Gasteiger partial charge in [0.1, 0.15) is 6.04 Å². The van der Waals surface area contributed by atoms with E-state index in [0.29, 0.717) is 6.42 Å². The third kappa shape index (κ3) is 3.23. The fraction of sp³-hybridized carbons (Fsp3) is 0.333. The number of fused-ring (bicyclic) bond motifs is 1. The van der Waals surface area contributed by atoms with Crippen molar-refractivity contribution in [3.8, 4) is 0 Å². The minimum atomic E-state index is -0.666. The van der Waals surface area contributed by atoms with Gasteiger partial charge in [-0.3, -0.25) is 4.79 Å². The number of hydrogen-bond donors (Lipinski definition) is 0. The highest BCUT2D eigenvalue weighted by atomic mass is 35.5. The first kappa shape index (κ1) is 18.4. The molecule has 0 bridgehead atoms. The monoisotopic (exact) mass is 401 g/mol. The summed E-state index contributed by atoms with van der Waals surface area (Å²) in [6, 6.07) is 18.6. The van der Waals surface area contributed by atoms with Crippen molar-refractivity contribution in [2.45, 2.75) is 35.6 Å². The number of β-lactam (4-membered cyclic amide) rings is 1. The van der Waals surface area contributed by atoms with Crippen LogP contribution in [-0.4, -0.2) is 38.8 Å². The topological polar surface area (TPSA) is 46.6 Å². The normalized spacial score (nSPS) is 26.6. The van der Waals surface area contributed by atoms with Gasteiger partial charge in [0.25, 0.3) is 0 Å². The fourth-order valence-electron chi connectivity index (χ4n) is 3.71. The van der Waals surface area contributed by atoms with Crippen molar-refractivity contribution in [2.75, 3.05) is 5.88 Å². The molecule has 2 aromatic carbocycles. The van der Waals surface area contributed by atoms with E-state index in [1.165, 1.54) is 0 Å². The summed E-state index contributed by atoms with van der Waals surface area (Å²) in [7, 11) is 0. The molecule has 140 valence electrons. The summed E-state index contributed by atoms with van der Waals surface area (Å²) < 4.78 is 5.45. The van der Waals surface area contributed by atoms with E-state index in [1.807, 2.05) is 67.6 Å². The summed E-state index contributed by atoms with van der Waals surface area (Å²) in [5, 5.41) is 0.0192. The van der Waals surface area contributed by atoms with Crippen molar-refractivity contribution >= 4 is 35.2 Å². The number of rotatable bonds is 5. The summed E-state index contributed by atoms with van der Waals surface area (Å²) in [4.78, 5) is 27.0. The van der Waals surface area contributed by atoms with E-state index >= 15 is 0 Å². The standard InChI is InChI=1S/C21H20ClNO3S/c1-21(13-22)19(23-16(24)12-17(23)27-21)20(25)26-18(14-8-4-2-5-9-14)15-10-6-3-7-11-15/h2-11,17-19H,12-13H2,1H3/t17-,19?,21+/m1/s1. The van der Waals surface area contributed by atoms with Gasteiger partial charge in [0.15, 0.2) is 6.10 Å². The summed E-state index contributed by atoms with van der Waals surface area (Å²) in [5.74, 6) is -0.142. The Bertz CT molecular complexity index is 808. The largest absolute Gasteiger partial charge is 0.451 e. The Balaban J connectivity index is 1.65. The maximum absolute atomic E-state index is 13.2. The number of ether oxygens (including phenoxy) is 1. The molecule has 4 rings (SSSR count). The lowest BCUT2D eigenvalue weighted by molar-refractivity contribution is -0.164. The van der Waals surface area contributed by atoms with Gasteiger partial charge in [0.05, 0.1) is 16.5 Å². The van der Waals surface area contributed by atoms with Crippen molar-refractivity contribution in [1.82, 2.24) is 4.90 Å². The Morgan fingerprint density at radius 1 is 1.19 bits per heavy atom. The second-order valence-corrected chi connectivity index (χ2v) is 9.04. The van der Waals surface area contributed by atoms with Crippen LogP contribution in [0.4, 0.5) is 0 Å². The van der Waals surface area contributed by atoms with Gasteiger partial charge in [-0.15, -0.1) is 23.4 Å². The number of thioether (sulfide) groups is 1. The molecule has 0 aromatic heterocycles. The average molecular weight is 402 g/mol. The zero-order valence-electron chi connectivity index (χ0n) is 14.9. The van der Waals surface area contributed by atoms with Crippen LogP contribution in [0.25, 0.3) is 0 Å². The molecule has 3 atom stereocenters. The van der Waals surface area contributed by atoms with Gasteiger partial charge < -0.3 is 9.64 Å². The minimum absolute atomic E-state index is 0.0146. The van der Waals surface area contributed by atoms with Crippen molar-refractivity contribution in [3.05, 3.63) is 71.8 Å². The molecule has 1 amide bonds. The van der Waals surface area contributed by atoms with Gasteiger partial charge in [0, 0.05) is 5.88 Å². The Labute approximate surface area is 167 Å². The molecule has 2 fully saturated rings. The number of halogens is 1. The molecule has 2 aromatic rings. The molecule has 0 aliphatic carbocycles. The number of carbonyl (C=O) groups excluding carboxylic acids is 2. The molecule has 1 unspecified atom stereocenters. The lowest BCUT2D eigenvalue weighted by atomic mass is 9.97. The number of carbonyl (C=O) groups is 2. The number of amides is 1. The molecule has 0 radical (unpaired) electrons. The van der Waals surface area contributed by atoms with E-state index in [2.05, 4.69) is 0 Å². The predicted octanol–water partition coefficient (Wildman–Crippen LogP) is 3.99. The number of nitrogens with zero attached hydrogens (tertiary/aromatic N) is 1. The first-order valence-corrected chi connectivity index (χ1v) is 10.3. The predicted molar refractivity (Wildman–Crippen MR) is 107 cm³/mol. The van der Waals surface area contributed by atoms with Crippen LogP contribution in [0.15, 0.2) is 60.7 Å². The van der Waals surface area contributed by atoms with Crippen LogP contribution in [0.1, 0.15) is 30.6 Å². The maximum Gasteiger partial charge on any atom is 0.331 e. The van der Waals surface area contributed by atoms with Gasteiger partial charge in [-0.05, 0) is 18.1 Å². The molecule has 0 spiro atoms. The molecule has 2 aliphatic rings. The van der Waals surface area contributed by atoms with Gasteiger partial charge in [-0.1, -0.05) is 60.7 Å². The van der Waals surface area contributed by atoms with Crippen molar-refractivity contribution in [2.24, 2.45) is 0 Å². The van der Waals surface area contributed by atoms with Gasteiger partial charge in [-0.2, -0.15) is 0 Å². The maximum atomic E-state index is 13.2.